The van der Waals surface area contributed by atoms with E-state index in [-0.39, 0.29) is 37.5 Å². The molecule has 0 bridgehead atoms. The number of aryl methyl sites for hydroxylation is 1. The number of nitrogens with zero attached hydrogens (tertiary/aromatic N) is 2. The van der Waals surface area contributed by atoms with Crippen LogP contribution in [0.15, 0.2) is 30.3 Å². The lowest BCUT2D eigenvalue weighted by atomic mass is 9.92. The van der Waals surface area contributed by atoms with Gasteiger partial charge in [0, 0.05) is 31.6 Å². The minimum absolute atomic E-state index is 0.0365. The lowest BCUT2D eigenvalue weighted by Gasteiger charge is -2.32. The molecule has 1 saturated carbocycles. The van der Waals surface area contributed by atoms with Crippen LogP contribution in [0.5, 0.6) is 0 Å². The molecule has 2 aliphatic rings. The second kappa shape index (κ2) is 9.23. The lowest BCUT2D eigenvalue weighted by Crippen LogP contribution is -2.56. The quantitative estimate of drug-likeness (QED) is 0.691. The van der Waals surface area contributed by atoms with Gasteiger partial charge in [-0.05, 0) is 37.7 Å². The summed E-state index contributed by atoms with van der Waals surface area (Å²) in [6.07, 6.45) is 3.90. The minimum atomic E-state index is -3.62. The van der Waals surface area contributed by atoms with Crippen molar-refractivity contribution in [3.05, 3.63) is 35.9 Å². The average molecular weight is 423 g/mol. The van der Waals surface area contributed by atoms with Gasteiger partial charge in [-0.15, -0.1) is 0 Å². The third-order valence-corrected chi connectivity index (χ3v) is 6.93. The Labute approximate surface area is 172 Å². The number of rotatable bonds is 6. The number of amides is 2. The molecule has 160 valence electrons. The van der Waals surface area contributed by atoms with Crippen molar-refractivity contribution in [2.24, 2.45) is 5.73 Å². The highest BCUT2D eigenvalue weighted by Crippen LogP contribution is 2.22. The number of nitrogens with two attached hydrogens (primary N) is 1. The van der Waals surface area contributed by atoms with Crippen LogP contribution in [0, 0.1) is 0 Å². The van der Waals surface area contributed by atoms with E-state index in [4.69, 9.17) is 5.73 Å². The second-order valence-electron chi connectivity index (χ2n) is 7.94. The van der Waals surface area contributed by atoms with Crippen molar-refractivity contribution >= 4 is 21.8 Å². The Kier molecular flexibility index (Phi) is 6.92. The Morgan fingerprint density at radius 3 is 2.38 bits per heavy atom. The average Bonchev–Trinajstić information content (AvgIpc) is 3.15. The summed E-state index contributed by atoms with van der Waals surface area (Å²) in [5.41, 5.74) is 6.95. The van der Waals surface area contributed by atoms with E-state index in [2.05, 4.69) is 5.32 Å². The normalized spacial score (nSPS) is 25.7. The first kappa shape index (κ1) is 21.7. The number of benzene rings is 1. The summed E-state index contributed by atoms with van der Waals surface area (Å²) in [6, 6.07) is 9.73. The molecule has 29 heavy (non-hydrogen) atoms. The molecule has 2 amide bonds. The van der Waals surface area contributed by atoms with E-state index < -0.39 is 22.1 Å². The fourth-order valence-electron chi connectivity index (χ4n) is 4.07. The molecule has 0 aromatic heterocycles. The molecule has 1 aromatic carbocycles. The van der Waals surface area contributed by atoms with Crippen LogP contribution in [-0.4, -0.2) is 67.0 Å². The maximum atomic E-state index is 13.0. The molecule has 1 aliphatic carbocycles. The monoisotopic (exact) mass is 422 g/mol. The van der Waals surface area contributed by atoms with Crippen LogP contribution in [0.25, 0.3) is 0 Å². The van der Waals surface area contributed by atoms with Gasteiger partial charge in [0.05, 0.1) is 6.26 Å². The third kappa shape index (κ3) is 5.55. The molecule has 1 unspecified atom stereocenters. The van der Waals surface area contributed by atoms with Crippen molar-refractivity contribution in [2.75, 3.05) is 19.3 Å². The van der Waals surface area contributed by atoms with Gasteiger partial charge in [0.1, 0.15) is 0 Å². The molecule has 0 radical (unpaired) electrons. The molecule has 3 N–H and O–H groups in total. The van der Waals surface area contributed by atoms with Gasteiger partial charge >= 0.3 is 0 Å². The molecule has 1 saturated heterocycles. The zero-order valence-corrected chi connectivity index (χ0v) is 17.6. The minimum Gasteiger partial charge on any atom is -0.350 e. The Hall–Kier alpha value is -1.97. The molecule has 2 fully saturated rings. The maximum absolute atomic E-state index is 13.0. The van der Waals surface area contributed by atoms with Gasteiger partial charge < -0.3 is 16.0 Å². The van der Waals surface area contributed by atoms with E-state index in [9.17, 15) is 18.0 Å². The van der Waals surface area contributed by atoms with Crippen LogP contribution in [-0.2, 0) is 26.0 Å². The van der Waals surface area contributed by atoms with E-state index in [1.807, 2.05) is 30.3 Å². The fraction of sp³-hybridized carbons (Fsp3) is 0.600. The van der Waals surface area contributed by atoms with Gasteiger partial charge in [0.2, 0.25) is 15.9 Å². The van der Waals surface area contributed by atoms with Crippen molar-refractivity contribution in [2.45, 2.75) is 56.8 Å². The molecule has 1 atom stereocenters. The Bertz CT molecular complexity index is 822. The number of hydrogen-bond donors (Lipinski definition) is 2. The van der Waals surface area contributed by atoms with Crippen LogP contribution in [0.2, 0.25) is 0 Å². The van der Waals surface area contributed by atoms with Crippen LogP contribution >= 0.6 is 0 Å². The molecular weight excluding hydrogens is 392 g/mol. The van der Waals surface area contributed by atoms with Gasteiger partial charge in [-0.25, -0.2) is 8.42 Å². The summed E-state index contributed by atoms with van der Waals surface area (Å²) in [5, 5.41) is 2.95. The topological polar surface area (TPSA) is 113 Å². The van der Waals surface area contributed by atoms with Gasteiger partial charge in [-0.3, -0.25) is 9.59 Å². The van der Waals surface area contributed by atoms with Crippen molar-refractivity contribution in [3.8, 4) is 0 Å². The van der Waals surface area contributed by atoms with Crippen molar-refractivity contribution < 1.29 is 18.0 Å². The first-order valence-corrected chi connectivity index (χ1v) is 12.0. The van der Waals surface area contributed by atoms with E-state index in [1.165, 1.54) is 4.90 Å². The summed E-state index contributed by atoms with van der Waals surface area (Å²) < 4.78 is 25.6. The van der Waals surface area contributed by atoms with Crippen molar-refractivity contribution in [1.29, 1.82) is 0 Å². The smallest absolute Gasteiger partial charge is 0.259 e. The molecule has 0 spiro atoms. The Morgan fingerprint density at radius 1 is 1.10 bits per heavy atom. The third-order valence-electron chi connectivity index (χ3n) is 5.70. The van der Waals surface area contributed by atoms with E-state index in [0.717, 1.165) is 41.8 Å². The number of nitrogens with one attached hydrogen (secondary N) is 1. The summed E-state index contributed by atoms with van der Waals surface area (Å²) in [7, 11) is -3.62. The summed E-state index contributed by atoms with van der Waals surface area (Å²) in [6.45, 7) is 0.345. The summed E-state index contributed by atoms with van der Waals surface area (Å²) in [5.74, 6) is -0.646. The van der Waals surface area contributed by atoms with Gasteiger partial charge in [0.15, 0.2) is 6.17 Å². The first-order chi connectivity index (χ1) is 13.8. The highest BCUT2D eigenvalue weighted by molar-refractivity contribution is 7.88. The summed E-state index contributed by atoms with van der Waals surface area (Å²) in [4.78, 5) is 27.2. The van der Waals surface area contributed by atoms with Crippen LogP contribution in [0.4, 0.5) is 0 Å². The molecule has 1 aliphatic heterocycles. The van der Waals surface area contributed by atoms with Crippen molar-refractivity contribution in [1.82, 2.24) is 14.5 Å². The summed E-state index contributed by atoms with van der Waals surface area (Å²) >= 11 is 0. The standard InChI is InChI=1S/C20H30N4O4S/c1-29(27,28)24-14-13-23(18(25)12-7-15-5-3-2-4-6-15)20(24)19(26)22-17-10-8-16(21)9-11-17/h2-6,16-17,20H,7-14,21H2,1H3,(H,22,26). The van der Waals surface area contributed by atoms with E-state index in [1.54, 1.807) is 0 Å². The highest BCUT2D eigenvalue weighted by Gasteiger charge is 2.44. The van der Waals surface area contributed by atoms with Gasteiger partial charge in [-0.1, -0.05) is 30.3 Å². The molecule has 1 heterocycles. The van der Waals surface area contributed by atoms with E-state index >= 15 is 0 Å². The number of hydrogen-bond acceptors (Lipinski definition) is 5. The maximum Gasteiger partial charge on any atom is 0.259 e. The predicted octanol–water partition coefficient (Wildman–Crippen LogP) is 0.435. The highest BCUT2D eigenvalue weighted by atomic mass is 32.2. The second-order valence-corrected chi connectivity index (χ2v) is 9.88. The molecule has 1 aromatic rings. The lowest BCUT2D eigenvalue weighted by molar-refractivity contribution is -0.141. The Balaban J connectivity index is 1.69. The van der Waals surface area contributed by atoms with Crippen LogP contribution in [0.3, 0.4) is 0 Å². The SMILES string of the molecule is CS(=O)(=O)N1CCN(C(=O)CCc2ccccc2)C1C(=O)NC1CCC(N)CC1. The molecular formula is C20H30N4O4S. The number of carbonyl (C=O) groups excluding carboxylic acids is 2. The van der Waals surface area contributed by atoms with Gasteiger partial charge in [0.25, 0.3) is 5.91 Å². The zero-order chi connectivity index (χ0) is 21.0. The van der Waals surface area contributed by atoms with E-state index in [0.29, 0.717) is 6.42 Å². The predicted molar refractivity (Wildman–Crippen MR) is 110 cm³/mol. The zero-order valence-electron chi connectivity index (χ0n) is 16.8. The number of sulfonamides is 1. The largest absolute Gasteiger partial charge is 0.350 e. The number of carbonyl (C=O) groups is 2. The van der Waals surface area contributed by atoms with Crippen LogP contribution < -0.4 is 11.1 Å². The molecule has 3 rings (SSSR count). The van der Waals surface area contributed by atoms with Crippen molar-refractivity contribution in [3.63, 3.8) is 0 Å². The molecule has 8 nitrogen and oxygen atoms in total. The first-order valence-electron chi connectivity index (χ1n) is 10.1. The van der Waals surface area contributed by atoms with Crippen LogP contribution in [0.1, 0.15) is 37.7 Å². The van der Waals surface area contributed by atoms with Gasteiger partial charge in [-0.2, -0.15) is 4.31 Å². The molecule has 9 heteroatoms. The fourth-order valence-corrected chi connectivity index (χ4v) is 5.05. The Morgan fingerprint density at radius 2 is 1.76 bits per heavy atom.